The highest BCUT2D eigenvalue weighted by Crippen LogP contribution is 2.19. The van der Waals surface area contributed by atoms with Crippen molar-refractivity contribution in [1.29, 1.82) is 0 Å². The van der Waals surface area contributed by atoms with Gasteiger partial charge in [0.25, 0.3) is 0 Å². The first kappa shape index (κ1) is 15.7. The molecule has 1 unspecified atom stereocenters. The van der Waals surface area contributed by atoms with Crippen LogP contribution in [0.25, 0.3) is 0 Å². The Balaban J connectivity index is 2.31. The van der Waals surface area contributed by atoms with Crippen molar-refractivity contribution >= 4 is 29.8 Å². The summed E-state index contributed by atoms with van der Waals surface area (Å²) in [6, 6.07) is 0.0966. The van der Waals surface area contributed by atoms with Crippen molar-refractivity contribution in [3.05, 3.63) is 0 Å². The van der Waals surface area contributed by atoms with Crippen molar-refractivity contribution in [3.8, 4) is 0 Å². The molecule has 7 heteroatoms. The van der Waals surface area contributed by atoms with Crippen LogP contribution >= 0.6 is 12.2 Å². The van der Waals surface area contributed by atoms with Crippen LogP contribution in [-0.2, 0) is 0 Å². The van der Waals surface area contributed by atoms with E-state index in [1.165, 1.54) is 4.90 Å². The van der Waals surface area contributed by atoms with E-state index in [1.54, 1.807) is 11.2 Å². The molecule has 0 bridgehead atoms. The standard InChI is InChI=1S/C12H22N4O2S/c1-15(2)9-14-11(19)13-7-6-10-5-3-4-8-16(10)12(17)18/h9-10H,3-8H2,1-2H3,(H,13,19)(H,17,18). The molecule has 1 amide bonds. The molecule has 0 aromatic heterocycles. The fraction of sp³-hybridized carbons (Fsp3) is 0.750. The van der Waals surface area contributed by atoms with Gasteiger partial charge in [0.05, 0.1) is 6.34 Å². The number of aliphatic imine (C=N–C) groups is 1. The number of carbonyl (C=O) groups is 1. The average molecular weight is 286 g/mol. The number of piperidine rings is 1. The largest absolute Gasteiger partial charge is 0.465 e. The summed E-state index contributed by atoms with van der Waals surface area (Å²) >= 11 is 5.05. The van der Waals surface area contributed by atoms with E-state index in [0.29, 0.717) is 18.2 Å². The lowest BCUT2D eigenvalue weighted by molar-refractivity contribution is 0.104. The molecule has 1 saturated heterocycles. The van der Waals surface area contributed by atoms with Crippen LogP contribution in [0.15, 0.2) is 4.99 Å². The van der Waals surface area contributed by atoms with Gasteiger partial charge in [0.15, 0.2) is 5.11 Å². The first-order valence-electron chi connectivity index (χ1n) is 6.48. The number of hydrogen-bond donors (Lipinski definition) is 2. The third-order valence-corrected chi connectivity index (χ3v) is 3.28. The lowest BCUT2D eigenvalue weighted by Crippen LogP contribution is -2.44. The Hall–Kier alpha value is -1.37. The van der Waals surface area contributed by atoms with Crippen LogP contribution in [0, 0.1) is 0 Å². The minimum Gasteiger partial charge on any atom is -0.465 e. The number of nitrogens with one attached hydrogen (secondary N) is 1. The normalized spacial score (nSPS) is 19.5. The predicted octanol–water partition coefficient (Wildman–Crippen LogP) is 1.37. The van der Waals surface area contributed by atoms with Crippen molar-refractivity contribution in [1.82, 2.24) is 15.1 Å². The maximum atomic E-state index is 11.1. The first-order valence-corrected chi connectivity index (χ1v) is 6.89. The number of amides is 1. The second kappa shape index (κ2) is 7.93. The Morgan fingerprint density at radius 2 is 2.32 bits per heavy atom. The van der Waals surface area contributed by atoms with Crippen LogP contribution in [0.1, 0.15) is 25.7 Å². The second-order valence-corrected chi connectivity index (χ2v) is 5.24. The molecule has 19 heavy (non-hydrogen) atoms. The molecule has 0 aliphatic carbocycles. The first-order chi connectivity index (χ1) is 9.00. The van der Waals surface area contributed by atoms with E-state index in [2.05, 4.69) is 10.3 Å². The lowest BCUT2D eigenvalue weighted by Gasteiger charge is -2.33. The molecule has 0 saturated carbocycles. The summed E-state index contributed by atoms with van der Waals surface area (Å²) in [6.07, 6.45) is 4.57. The van der Waals surface area contributed by atoms with E-state index in [0.717, 1.165) is 25.7 Å². The molecule has 0 aromatic rings. The molecular weight excluding hydrogens is 264 g/mol. The Morgan fingerprint density at radius 1 is 1.58 bits per heavy atom. The summed E-state index contributed by atoms with van der Waals surface area (Å²) in [5.74, 6) is 0. The smallest absolute Gasteiger partial charge is 0.407 e. The van der Waals surface area contributed by atoms with Crippen molar-refractivity contribution in [2.75, 3.05) is 27.2 Å². The molecule has 2 N–H and O–H groups in total. The highest BCUT2D eigenvalue weighted by atomic mass is 32.1. The van der Waals surface area contributed by atoms with Crippen LogP contribution in [0.2, 0.25) is 0 Å². The lowest BCUT2D eigenvalue weighted by atomic mass is 10.00. The third kappa shape index (κ3) is 5.87. The number of likely N-dealkylation sites (tertiary alicyclic amines) is 1. The molecule has 1 heterocycles. The van der Waals surface area contributed by atoms with Gasteiger partial charge < -0.3 is 20.2 Å². The summed E-state index contributed by atoms with van der Waals surface area (Å²) < 4.78 is 0. The van der Waals surface area contributed by atoms with Crippen molar-refractivity contribution in [2.45, 2.75) is 31.7 Å². The van der Waals surface area contributed by atoms with Gasteiger partial charge in [0.1, 0.15) is 0 Å². The summed E-state index contributed by atoms with van der Waals surface area (Å²) in [5.41, 5.74) is 0. The highest BCUT2D eigenvalue weighted by molar-refractivity contribution is 7.80. The van der Waals surface area contributed by atoms with Crippen molar-refractivity contribution in [2.24, 2.45) is 4.99 Å². The summed E-state index contributed by atoms with van der Waals surface area (Å²) in [5, 5.41) is 12.6. The van der Waals surface area contributed by atoms with E-state index < -0.39 is 6.09 Å². The minimum absolute atomic E-state index is 0.0966. The van der Waals surface area contributed by atoms with Crippen LogP contribution in [-0.4, -0.2) is 65.7 Å². The average Bonchev–Trinajstić information content (AvgIpc) is 2.36. The molecular formula is C12H22N4O2S. The monoisotopic (exact) mass is 286 g/mol. The fourth-order valence-electron chi connectivity index (χ4n) is 2.11. The zero-order valence-electron chi connectivity index (χ0n) is 11.5. The summed E-state index contributed by atoms with van der Waals surface area (Å²) in [4.78, 5) is 18.5. The third-order valence-electron chi connectivity index (χ3n) is 3.03. The number of hydrogen-bond acceptors (Lipinski definition) is 2. The van der Waals surface area contributed by atoms with Gasteiger partial charge in [0.2, 0.25) is 0 Å². The fourth-order valence-corrected chi connectivity index (χ4v) is 2.26. The Bertz CT molecular complexity index is 347. The molecule has 0 radical (unpaired) electrons. The number of nitrogens with zero attached hydrogens (tertiary/aromatic N) is 3. The molecule has 6 nitrogen and oxygen atoms in total. The molecule has 1 rings (SSSR count). The maximum absolute atomic E-state index is 11.1. The van der Waals surface area contributed by atoms with Crippen LogP contribution in [0.5, 0.6) is 0 Å². The van der Waals surface area contributed by atoms with E-state index in [9.17, 15) is 4.79 Å². The number of rotatable bonds is 4. The molecule has 1 atom stereocenters. The predicted molar refractivity (Wildman–Crippen MR) is 79.8 cm³/mol. The van der Waals surface area contributed by atoms with Crippen molar-refractivity contribution in [3.63, 3.8) is 0 Å². The van der Waals surface area contributed by atoms with E-state index >= 15 is 0 Å². The molecule has 0 aromatic carbocycles. The van der Waals surface area contributed by atoms with Gasteiger partial charge in [-0.3, -0.25) is 0 Å². The van der Waals surface area contributed by atoms with Gasteiger partial charge in [-0.25, -0.2) is 9.79 Å². The second-order valence-electron chi connectivity index (χ2n) is 4.85. The Labute approximate surface area is 119 Å². The molecule has 1 fully saturated rings. The van der Waals surface area contributed by atoms with Crippen molar-refractivity contribution < 1.29 is 9.90 Å². The highest BCUT2D eigenvalue weighted by Gasteiger charge is 2.25. The van der Waals surface area contributed by atoms with Gasteiger partial charge in [-0.15, -0.1) is 0 Å². The van der Waals surface area contributed by atoms with Gasteiger partial charge >= 0.3 is 6.09 Å². The molecule has 108 valence electrons. The van der Waals surface area contributed by atoms with Gasteiger partial charge in [-0.1, -0.05) is 0 Å². The Kier molecular flexibility index (Phi) is 6.55. The van der Waals surface area contributed by atoms with Crippen LogP contribution in [0.4, 0.5) is 4.79 Å². The van der Waals surface area contributed by atoms with Gasteiger partial charge in [0, 0.05) is 33.2 Å². The zero-order valence-corrected chi connectivity index (χ0v) is 12.3. The minimum atomic E-state index is -0.821. The van der Waals surface area contributed by atoms with Crippen LogP contribution in [0.3, 0.4) is 0 Å². The Morgan fingerprint density at radius 3 is 2.95 bits per heavy atom. The van der Waals surface area contributed by atoms with E-state index in [4.69, 9.17) is 17.3 Å². The molecule has 0 spiro atoms. The summed E-state index contributed by atoms with van der Waals surface area (Å²) in [7, 11) is 3.75. The number of thiocarbonyl (C=S) groups is 1. The van der Waals surface area contributed by atoms with Gasteiger partial charge in [-0.05, 0) is 37.9 Å². The van der Waals surface area contributed by atoms with E-state index in [1.807, 2.05) is 14.1 Å². The maximum Gasteiger partial charge on any atom is 0.407 e. The SMILES string of the molecule is CN(C)C=NC(=S)NCCC1CCCCN1C(=O)O. The molecule has 1 aliphatic rings. The topological polar surface area (TPSA) is 68.2 Å². The quantitative estimate of drug-likeness (QED) is 0.464. The van der Waals surface area contributed by atoms with E-state index in [-0.39, 0.29) is 6.04 Å². The van der Waals surface area contributed by atoms with Crippen LogP contribution < -0.4 is 5.32 Å². The number of carboxylic acid groups (broad SMARTS) is 1. The molecule has 1 aliphatic heterocycles. The van der Waals surface area contributed by atoms with Gasteiger partial charge in [-0.2, -0.15) is 0 Å². The zero-order chi connectivity index (χ0) is 14.3. The summed E-state index contributed by atoms with van der Waals surface area (Å²) in [6.45, 7) is 1.29.